The first kappa shape index (κ1) is 24.9. The Morgan fingerprint density at radius 2 is 1.83 bits per heavy atom. The van der Waals surface area contributed by atoms with E-state index in [4.69, 9.17) is 14.7 Å². The van der Waals surface area contributed by atoms with Gasteiger partial charge in [-0.05, 0) is 50.1 Å². The van der Waals surface area contributed by atoms with Crippen molar-refractivity contribution < 1.29 is 19.7 Å². The lowest BCUT2D eigenvalue weighted by atomic mass is 10.1. The quantitative estimate of drug-likeness (QED) is 0.665. The molecule has 0 radical (unpaired) electrons. The van der Waals surface area contributed by atoms with Gasteiger partial charge in [0.25, 0.3) is 0 Å². The summed E-state index contributed by atoms with van der Waals surface area (Å²) in [6.45, 7) is 8.38. The van der Waals surface area contributed by atoms with Crippen LogP contribution < -0.4 is 0 Å². The van der Waals surface area contributed by atoms with Gasteiger partial charge in [-0.3, -0.25) is 4.79 Å². The Morgan fingerprint density at radius 3 is 2.54 bits per heavy atom. The van der Waals surface area contributed by atoms with Crippen molar-refractivity contribution in [2.24, 2.45) is 9.98 Å². The van der Waals surface area contributed by atoms with Crippen molar-refractivity contribution >= 4 is 23.3 Å². The molecular weight excluding hydrogens is 444 g/mol. The Labute approximate surface area is 206 Å². The molecule has 2 aliphatic rings. The van der Waals surface area contributed by atoms with Crippen molar-refractivity contribution in [3.8, 4) is 5.75 Å². The van der Waals surface area contributed by atoms with Gasteiger partial charge in [0.2, 0.25) is 5.91 Å². The van der Waals surface area contributed by atoms with Gasteiger partial charge in [-0.2, -0.15) is 0 Å². The second-order valence-electron chi connectivity index (χ2n) is 9.40. The number of aromatic hydroxyl groups is 1. The van der Waals surface area contributed by atoms with E-state index in [1.54, 1.807) is 17.0 Å². The molecular formula is C27H34N4O4. The normalized spacial score (nSPS) is 16.9. The highest BCUT2D eigenvalue weighted by Gasteiger charge is 2.27. The zero-order valence-electron chi connectivity index (χ0n) is 20.6. The number of nitrogens with zero attached hydrogens (tertiary/aromatic N) is 4. The number of fused-ring (bicyclic) bond motifs is 1. The molecule has 2 aliphatic heterocycles. The van der Waals surface area contributed by atoms with E-state index in [0.717, 1.165) is 22.6 Å². The van der Waals surface area contributed by atoms with Crippen molar-refractivity contribution in [2.75, 3.05) is 32.8 Å². The first-order valence-corrected chi connectivity index (χ1v) is 12.2. The third-order valence-electron chi connectivity index (χ3n) is 6.23. The van der Waals surface area contributed by atoms with Crippen LogP contribution in [0.5, 0.6) is 5.75 Å². The smallest absolute Gasteiger partial charge is 0.225 e. The number of phenols is 1. The van der Waals surface area contributed by atoms with E-state index >= 15 is 0 Å². The molecule has 0 bridgehead atoms. The van der Waals surface area contributed by atoms with Crippen molar-refractivity contribution in [1.29, 1.82) is 0 Å². The van der Waals surface area contributed by atoms with Crippen molar-refractivity contribution in [3.05, 3.63) is 59.2 Å². The van der Waals surface area contributed by atoms with Gasteiger partial charge in [-0.25, -0.2) is 9.98 Å². The number of para-hydroxylation sites is 1. The summed E-state index contributed by atoms with van der Waals surface area (Å²) in [5, 5.41) is 20.6. The van der Waals surface area contributed by atoms with Crippen LogP contribution in [0.2, 0.25) is 0 Å². The number of phenolic OH excluding ortho intramolecular Hbond substituents is 1. The zero-order chi connectivity index (χ0) is 24.9. The summed E-state index contributed by atoms with van der Waals surface area (Å²) in [5.74, 6) is 1.42. The number of hydrogen-bond acceptors (Lipinski definition) is 7. The van der Waals surface area contributed by atoms with Crippen LogP contribution in [0.4, 0.5) is 5.69 Å². The summed E-state index contributed by atoms with van der Waals surface area (Å²) in [4.78, 5) is 26.4. The van der Waals surface area contributed by atoms with Crippen LogP contribution in [0.25, 0.3) is 0 Å². The second-order valence-corrected chi connectivity index (χ2v) is 9.40. The summed E-state index contributed by atoms with van der Waals surface area (Å²) >= 11 is 0. The first-order chi connectivity index (χ1) is 16.8. The Balaban J connectivity index is 1.49. The lowest BCUT2D eigenvalue weighted by Gasteiger charge is -2.37. The number of rotatable bonds is 6. The summed E-state index contributed by atoms with van der Waals surface area (Å²) in [6, 6.07) is 13.3. The number of piperazine rings is 1. The van der Waals surface area contributed by atoms with Crippen LogP contribution in [0, 0.1) is 6.92 Å². The van der Waals surface area contributed by atoms with E-state index in [9.17, 15) is 15.0 Å². The van der Waals surface area contributed by atoms with E-state index in [1.165, 1.54) is 0 Å². The summed E-state index contributed by atoms with van der Waals surface area (Å²) in [6.07, 6.45) is -0.102. The Bertz CT molecular complexity index is 1120. The predicted octanol–water partition coefficient (Wildman–Crippen LogP) is 3.05. The summed E-state index contributed by atoms with van der Waals surface area (Å²) < 4.78 is 5.42. The number of ether oxygens (including phenoxy) is 1. The molecule has 2 heterocycles. The lowest BCUT2D eigenvalue weighted by molar-refractivity contribution is -0.135. The standard InChI is InChI=1S/C27H34N4O4/c1-18(2)35-17-21(32)16-26(34)31-12-10-30(11-13-31)25-15-20-9-8-19(3)14-23(20)28-27(29-25)22-6-4-5-7-24(22)33/h4-9,14,18,21,32-33H,10-13,15-17H2,1-3H3. The molecule has 0 aromatic heterocycles. The Morgan fingerprint density at radius 1 is 1.09 bits per heavy atom. The number of carbonyl (C=O) groups excluding carboxylic acids is 1. The van der Waals surface area contributed by atoms with Crippen LogP contribution in [0.15, 0.2) is 52.4 Å². The van der Waals surface area contributed by atoms with Gasteiger partial charge in [0, 0.05) is 32.6 Å². The number of aryl methyl sites for hydroxylation is 1. The molecule has 0 saturated carbocycles. The SMILES string of the molecule is Cc1ccc2c(c1)N=C(c1ccccc1O)N=C(N1CCN(C(=O)CC(O)COC(C)C)CC1)C2. The molecule has 8 nitrogen and oxygen atoms in total. The van der Waals surface area contributed by atoms with Crippen LogP contribution in [-0.4, -0.2) is 82.6 Å². The molecule has 35 heavy (non-hydrogen) atoms. The summed E-state index contributed by atoms with van der Waals surface area (Å²) in [7, 11) is 0. The molecule has 0 aliphatic carbocycles. The molecule has 1 amide bonds. The molecule has 1 fully saturated rings. The Kier molecular flexibility index (Phi) is 7.83. The largest absolute Gasteiger partial charge is 0.507 e. The molecule has 4 rings (SSSR count). The van der Waals surface area contributed by atoms with Gasteiger partial charge >= 0.3 is 0 Å². The lowest BCUT2D eigenvalue weighted by Crippen LogP contribution is -2.51. The predicted molar refractivity (Wildman–Crippen MR) is 136 cm³/mol. The Hall–Kier alpha value is -3.23. The van der Waals surface area contributed by atoms with E-state index in [-0.39, 0.29) is 30.8 Å². The number of amides is 1. The highest BCUT2D eigenvalue weighted by molar-refractivity contribution is 6.10. The van der Waals surface area contributed by atoms with E-state index in [2.05, 4.69) is 17.0 Å². The van der Waals surface area contributed by atoms with Crippen LogP contribution >= 0.6 is 0 Å². The number of amidine groups is 2. The zero-order valence-corrected chi connectivity index (χ0v) is 20.6. The van der Waals surface area contributed by atoms with Crippen LogP contribution in [0.3, 0.4) is 0 Å². The topological polar surface area (TPSA) is 98.0 Å². The fraction of sp³-hybridized carbons (Fsp3) is 0.444. The molecule has 0 spiro atoms. The highest BCUT2D eigenvalue weighted by Crippen LogP contribution is 2.29. The fourth-order valence-corrected chi connectivity index (χ4v) is 4.27. The van der Waals surface area contributed by atoms with Crippen LogP contribution in [-0.2, 0) is 16.0 Å². The molecule has 1 unspecified atom stereocenters. The minimum atomic E-state index is -0.800. The van der Waals surface area contributed by atoms with Gasteiger partial charge in [0.15, 0.2) is 5.84 Å². The van der Waals surface area contributed by atoms with Crippen molar-refractivity contribution in [2.45, 2.75) is 45.8 Å². The molecule has 186 valence electrons. The monoisotopic (exact) mass is 478 g/mol. The maximum absolute atomic E-state index is 12.7. The van der Waals surface area contributed by atoms with Crippen molar-refractivity contribution in [1.82, 2.24) is 9.80 Å². The van der Waals surface area contributed by atoms with Gasteiger partial charge in [-0.1, -0.05) is 24.3 Å². The average Bonchev–Trinajstić information content (AvgIpc) is 3.02. The third-order valence-corrected chi connectivity index (χ3v) is 6.23. The maximum Gasteiger partial charge on any atom is 0.225 e. The summed E-state index contributed by atoms with van der Waals surface area (Å²) in [5.41, 5.74) is 3.63. The fourth-order valence-electron chi connectivity index (χ4n) is 4.27. The van der Waals surface area contributed by atoms with Gasteiger partial charge in [-0.15, -0.1) is 0 Å². The minimum Gasteiger partial charge on any atom is -0.507 e. The molecule has 2 aromatic rings. The molecule has 8 heteroatoms. The van der Waals surface area contributed by atoms with Crippen molar-refractivity contribution in [3.63, 3.8) is 0 Å². The minimum absolute atomic E-state index is 0.0175. The van der Waals surface area contributed by atoms with Gasteiger partial charge < -0.3 is 24.7 Å². The number of aliphatic hydroxyl groups is 1. The van der Waals surface area contributed by atoms with E-state index in [1.807, 2.05) is 39.0 Å². The number of hydrogen-bond donors (Lipinski definition) is 2. The van der Waals surface area contributed by atoms with Gasteiger partial charge in [0.05, 0.1) is 36.5 Å². The number of aliphatic hydroxyl groups excluding tert-OH is 1. The van der Waals surface area contributed by atoms with Gasteiger partial charge in [0.1, 0.15) is 11.6 Å². The maximum atomic E-state index is 12.7. The van der Waals surface area contributed by atoms with Crippen LogP contribution in [0.1, 0.15) is 37.0 Å². The average molecular weight is 479 g/mol. The molecule has 2 aromatic carbocycles. The van der Waals surface area contributed by atoms with E-state index in [0.29, 0.717) is 44.0 Å². The highest BCUT2D eigenvalue weighted by atomic mass is 16.5. The second kappa shape index (κ2) is 11.0. The molecule has 1 saturated heterocycles. The third kappa shape index (κ3) is 6.26. The number of aliphatic imine (C=N–C) groups is 2. The molecule has 2 N–H and O–H groups in total. The molecule has 1 atom stereocenters. The number of carbonyl (C=O) groups is 1. The van der Waals surface area contributed by atoms with E-state index < -0.39 is 6.10 Å². The number of benzene rings is 2. The first-order valence-electron chi connectivity index (χ1n) is 12.2.